The van der Waals surface area contributed by atoms with Crippen molar-refractivity contribution >= 4 is 17.7 Å². The third-order valence-electron chi connectivity index (χ3n) is 5.14. The zero-order valence-corrected chi connectivity index (χ0v) is 17.8. The highest BCUT2D eigenvalue weighted by atomic mass is 32.2. The molecule has 1 aromatic rings. The van der Waals surface area contributed by atoms with Crippen LogP contribution >= 0.6 is 11.8 Å². The molecule has 2 heterocycles. The van der Waals surface area contributed by atoms with Gasteiger partial charge < -0.3 is 25.2 Å². The van der Waals surface area contributed by atoms with Crippen molar-refractivity contribution in [1.29, 1.82) is 0 Å². The summed E-state index contributed by atoms with van der Waals surface area (Å²) in [5.74, 6) is 3.89. The molecule has 7 heteroatoms. The lowest BCUT2D eigenvalue weighted by Crippen LogP contribution is -2.47. The maximum absolute atomic E-state index is 10.5. The lowest BCUT2D eigenvalue weighted by atomic mass is 10.0. The van der Waals surface area contributed by atoms with Crippen molar-refractivity contribution in [2.45, 2.75) is 38.8 Å². The van der Waals surface area contributed by atoms with Gasteiger partial charge in [-0.1, -0.05) is 12.1 Å². The van der Waals surface area contributed by atoms with Crippen LogP contribution in [0.4, 0.5) is 0 Å². The monoisotopic (exact) mass is 407 g/mol. The highest BCUT2D eigenvalue weighted by Crippen LogP contribution is 2.27. The third kappa shape index (κ3) is 6.29. The van der Waals surface area contributed by atoms with E-state index in [4.69, 9.17) is 14.5 Å². The van der Waals surface area contributed by atoms with E-state index in [-0.39, 0.29) is 0 Å². The van der Waals surface area contributed by atoms with Gasteiger partial charge in [0, 0.05) is 36.9 Å². The van der Waals surface area contributed by atoms with Crippen molar-refractivity contribution in [2.24, 2.45) is 10.9 Å². The first kappa shape index (κ1) is 21.3. The number of hydrogen-bond acceptors (Lipinski definition) is 5. The van der Waals surface area contributed by atoms with Crippen molar-refractivity contribution < 1.29 is 14.6 Å². The molecule has 2 unspecified atom stereocenters. The van der Waals surface area contributed by atoms with Crippen LogP contribution in [0.1, 0.15) is 30.9 Å². The zero-order chi connectivity index (χ0) is 19.8. The van der Waals surface area contributed by atoms with Crippen LogP contribution in [-0.4, -0.2) is 61.1 Å². The summed E-state index contributed by atoms with van der Waals surface area (Å²) in [6.07, 6.45) is 1.89. The van der Waals surface area contributed by atoms with Gasteiger partial charge in [-0.05, 0) is 44.1 Å². The molecule has 1 aromatic carbocycles. The highest BCUT2D eigenvalue weighted by Gasteiger charge is 2.31. The Morgan fingerprint density at radius 2 is 2.32 bits per heavy atom. The summed E-state index contributed by atoms with van der Waals surface area (Å²) >= 11 is 1.80. The van der Waals surface area contributed by atoms with Crippen molar-refractivity contribution in [3.63, 3.8) is 0 Å². The number of thioether (sulfide) groups is 1. The summed E-state index contributed by atoms with van der Waals surface area (Å²) in [6.45, 7) is 8.24. The molecular formula is C21H33N3O3S. The molecule has 2 saturated heterocycles. The molecule has 2 aliphatic heterocycles. The SMILES string of the molecule is CCNC(=NCc1ccc(C)cc1OCC1CCOC1)NCC1(O)CCSC1. The van der Waals surface area contributed by atoms with Crippen LogP contribution in [0.2, 0.25) is 0 Å². The Morgan fingerprint density at radius 1 is 1.43 bits per heavy atom. The largest absolute Gasteiger partial charge is 0.493 e. The van der Waals surface area contributed by atoms with Crippen LogP contribution < -0.4 is 15.4 Å². The maximum Gasteiger partial charge on any atom is 0.191 e. The van der Waals surface area contributed by atoms with E-state index >= 15 is 0 Å². The highest BCUT2D eigenvalue weighted by molar-refractivity contribution is 7.99. The molecule has 0 radical (unpaired) electrons. The molecule has 2 fully saturated rings. The molecule has 3 N–H and O–H groups in total. The number of nitrogens with one attached hydrogen (secondary N) is 2. The first-order valence-corrected chi connectivity index (χ1v) is 11.4. The van der Waals surface area contributed by atoms with E-state index < -0.39 is 5.60 Å². The molecular weight excluding hydrogens is 374 g/mol. The predicted octanol–water partition coefficient (Wildman–Crippen LogP) is 2.33. The minimum atomic E-state index is -0.637. The van der Waals surface area contributed by atoms with Crippen LogP contribution in [0.3, 0.4) is 0 Å². The molecule has 2 atom stereocenters. The standard InChI is InChI=1S/C21H33N3O3S/c1-3-22-20(24-14-21(25)7-9-28-15-21)23-11-18-5-4-16(2)10-19(18)27-13-17-6-8-26-12-17/h4-5,10,17,25H,3,6-9,11-15H2,1-2H3,(H2,22,23,24). The molecule has 0 amide bonds. The summed E-state index contributed by atoms with van der Waals surface area (Å²) in [5, 5.41) is 17.1. The summed E-state index contributed by atoms with van der Waals surface area (Å²) < 4.78 is 11.6. The third-order valence-corrected chi connectivity index (χ3v) is 6.37. The smallest absolute Gasteiger partial charge is 0.191 e. The lowest BCUT2D eigenvalue weighted by Gasteiger charge is -2.23. The van der Waals surface area contributed by atoms with Gasteiger partial charge in [0.1, 0.15) is 5.75 Å². The number of guanidine groups is 1. The first-order valence-electron chi connectivity index (χ1n) is 10.2. The Kier molecular flexibility index (Phi) is 7.88. The van der Waals surface area contributed by atoms with Gasteiger partial charge in [0.2, 0.25) is 0 Å². The van der Waals surface area contributed by atoms with E-state index in [1.54, 1.807) is 11.8 Å². The molecule has 0 bridgehead atoms. The Labute approximate surface area is 172 Å². The van der Waals surface area contributed by atoms with Crippen LogP contribution in [0, 0.1) is 12.8 Å². The van der Waals surface area contributed by atoms with Crippen LogP contribution in [0.15, 0.2) is 23.2 Å². The van der Waals surface area contributed by atoms with E-state index in [2.05, 4.69) is 35.8 Å². The molecule has 3 rings (SSSR count). The molecule has 0 spiro atoms. The van der Waals surface area contributed by atoms with Gasteiger partial charge in [-0.3, -0.25) is 0 Å². The van der Waals surface area contributed by atoms with Gasteiger partial charge in [0.15, 0.2) is 5.96 Å². The second-order valence-corrected chi connectivity index (χ2v) is 8.83. The minimum Gasteiger partial charge on any atom is -0.493 e. The summed E-state index contributed by atoms with van der Waals surface area (Å²) in [4.78, 5) is 4.72. The van der Waals surface area contributed by atoms with E-state index in [1.807, 2.05) is 6.92 Å². The van der Waals surface area contributed by atoms with Gasteiger partial charge in [-0.25, -0.2) is 4.99 Å². The normalized spacial score (nSPS) is 25.1. The average Bonchev–Trinajstić information content (AvgIpc) is 3.35. The van der Waals surface area contributed by atoms with Gasteiger partial charge in [-0.15, -0.1) is 0 Å². The zero-order valence-electron chi connectivity index (χ0n) is 17.0. The molecule has 2 aliphatic rings. The Hall–Kier alpha value is -1.44. The van der Waals surface area contributed by atoms with Crippen LogP contribution in [-0.2, 0) is 11.3 Å². The van der Waals surface area contributed by atoms with Crippen molar-refractivity contribution in [1.82, 2.24) is 10.6 Å². The Morgan fingerprint density at radius 3 is 3.04 bits per heavy atom. The van der Waals surface area contributed by atoms with Gasteiger partial charge in [0.25, 0.3) is 0 Å². The fourth-order valence-corrected chi connectivity index (χ4v) is 4.63. The fourth-order valence-electron chi connectivity index (χ4n) is 3.34. The van der Waals surface area contributed by atoms with Crippen molar-refractivity contribution in [2.75, 3.05) is 44.4 Å². The van der Waals surface area contributed by atoms with Crippen LogP contribution in [0.5, 0.6) is 5.75 Å². The number of aryl methyl sites for hydroxylation is 1. The number of aliphatic hydroxyl groups is 1. The van der Waals surface area contributed by atoms with E-state index in [1.165, 1.54) is 5.56 Å². The molecule has 0 saturated carbocycles. The molecule has 0 aliphatic carbocycles. The topological polar surface area (TPSA) is 75.1 Å². The number of aliphatic imine (C=N–C) groups is 1. The predicted molar refractivity (Wildman–Crippen MR) is 115 cm³/mol. The molecule has 28 heavy (non-hydrogen) atoms. The molecule has 156 valence electrons. The summed E-state index contributed by atoms with van der Waals surface area (Å²) in [5.41, 5.74) is 1.61. The minimum absolute atomic E-state index is 0.473. The Balaban J connectivity index is 1.61. The number of benzene rings is 1. The number of rotatable bonds is 8. The van der Waals surface area contributed by atoms with E-state index in [0.29, 0.717) is 25.6 Å². The summed E-state index contributed by atoms with van der Waals surface area (Å²) in [6, 6.07) is 6.26. The fraction of sp³-hybridized carbons (Fsp3) is 0.667. The van der Waals surface area contributed by atoms with Gasteiger partial charge in [0.05, 0.1) is 25.4 Å². The molecule has 6 nitrogen and oxygen atoms in total. The van der Waals surface area contributed by atoms with E-state index in [9.17, 15) is 5.11 Å². The van der Waals surface area contributed by atoms with Crippen molar-refractivity contribution in [3.05, 3.63) is 29.3 Å². The van der Waals surface area contributed by atoms with Gasteiger partial charge in [-0.2, -0.15) is 11.8 Å². The first-order chi connectivity index (χ1) is 13.6. The van der Waals surface area contributed by atoms with Crippen molar-refractivity contribution in [3.8, 4) is 5.75 Å². The summed E-state index contributed by atoms with van der Waals surface area (Å²) in [7, 11) is 0. The maximum atomic E-state index is 10.5. The quantitative estimate of drug-likeness (QED) is 0.454. The second-order valence-electron chi connectivity index (χ2n) is 7.73. The lowest BCUT2D eigenvalue weighted by molar-refractivity contribution is 0.0724. The number of hydrogen-bond donors (Lipinski definition) is 3. The number of ether oxygens (including phenoxy) is 2. The van der Waals surface area contributed by atoms with E-state index in [0.717, 1.165) is 61.4 Å². The van der Waals surface area contributed by atoms with Crippen LogP contribution in [0.25, 0.3) is 0 Å². The number of nitrogens with zero attached hydrogens (tertiary/aromatic N) is 1. The average molecular weight is 408 g/mol. The molecule has 0 aromatic heterocycles. The second kappa shape index (κ2) is 10.4. The Bertz CT molecular complexity index is 656. The van der Waals surface area contributed by atoms with Gasteiger partial charge >= 0.3 is 0 Å².